The van der Waals surface area contributed by atoms with Crippen LogP contribution in [0.25, 0.3) is 0 Å². The van der Waals surface area contributed by atoms with Gasteiger partial charge in [-0.25, -0.2) is 0 Å². The maximum Gasteiger partial charge on any atom is 0.241 e. The Balaban J connectivity index is 1.57. The molecular weight excluding hydrogens is 421 g/mol. The molecule has 0 aliphatic carbocycles. The predicted molar refractivity (Wildman–Crippen MR) is 116 cm³/mol. The molecule has 0 radical (unpaired) electrons. The Morgan fingerprint density at radius 2 is 1.61 bits per heavy atom. The molecule has 1 fully saturated rings. The van der Waals surface area contributed by atoms with E-state index in [0.717, 1.165) is 37.6 Å². The molecule has 1 saturated heterocycles. The number of carbonyl (C=O) groups is 1. The van der Waals surface area contributed by atoms with E-state index in [0.29, 0.717) is 20.8 Å². The number of piperazine rings is 1. The monoisotopic (exact) mass is 441 g/mol. The standard InChI is InChI=1S/C20H22Cl3N3O2/c1-13(20(27)24-19-12-17(22)16(21)11-18(19)23)25-7-9-26(10-8-25)14-3-5-15(28-2)6-4-14/h3-6,11-13H,7-10H2,1-2H3,(H,24,27)/t13-/m1/s1. The lowest BCUT2D eigenvalue weighted by atomic mass is 10.2. The van der Waals surface area contributed by atoms with Crippen LogP contribution in [0.4, 0.5) is 11.4 Å². The van der Waals surface area contributed by atoms with Crippen LogP contribution >= 0.6 is 34.8 Å². The number of hydrogen-bond donors (Lipinski definition) is 1. The lowest BCUT2D eigenvalue weighted by molar-refractivity contribution is -0.120. The van der Waals surface area contributed by atoms with Crippen LogP contribution in [0.1, 0.15) is 6.92 Å². The summed E-state index contributed by atoms with van der Waals surface area (Å²) in [5.41, 5.74) is 1.62. The van der Waals surface area contributed by atoms with Gasteiger partial charge in [0.25, 0.3) is 0 Å². The van der Waals surface area contributed by atoms with Gasteiger partial charge in [0.1, 0.15) is 5.75 Å². The summed E-state index contributed by atoms with van der Waals surface area (Å²) in [6.07, 6.45) is 0. The van der Waals surface area contributed by atoms with Gasteiger partial charge >= 0.3 is 0 Å². The summed E-state index contributed by atoms with van der Waals surface area (Å²) in [6.45, 7) is 5.16. The molecule has 0 bridgehead atoms. The van der Waals surface area contributed by atoms with Crippen LogP contribution in [0.3, 0.4) is 0 Å². The van der Waals surface area contributed by atoms with Crippen molar-refractivity contribution in [1.29, 1.82) is 0 Å². The summed E-state index contributed by atoms with van der Waals surface area (Å²) >= 11 is 18.1. The maximum absolute atomic E-state index is 12.7. The van der Waals surface area contributed by atoms with Crippen molar-refractivity contribution in [3.8, 4) is 5.75 Å². The van der Waals surface area contributed by atoms with Crippen LogP contribution < -0.4 is 15.0 Å². The number of methoxy groups -OCH3 is 1. The van der Waals surface area contributed by atoms with Gasteiger partial charge in [-0.1, -0.05) is 34.8 Å². The highest BCUT2D eigenvalue weighted by atomic mass is 35.5. The van der Waals surface area contributed by atoms with Crippen molar-refractivity contribution >= 4 is 52.1 Å². The quantitative estimate of drug-likeness (QED) is 0.675. The lowest BCUT2D eigenvalue weighted by Crippen LogP contribution is -2.52. The first-order valence-electron chi connectivity index (χ1n) is 8.97. The van der Waals surface area contributed by atoms with Gasteiger partial charge in [-0.15, -0.1) is 0 Å². The first kappa shape index (κ1) is 21.1. The van der Waals surface area contributed by atoms with E-state index >= 15 is 0 Å². The van der Waals surface area contributed by atoms with Gasteiger partial charge in [-0.3, -0.25) is 9.69 Å². The minimum absolute atomic E-state index is 0.127. The summed E-state index contributed by atoms with van der Waals surface area (Å²) in [7, 11) is 1.66. The SMILES string of the molecule is COc1ccc(N2CCN([C@H](C)C(=O)Nc3cc(Cl)c(Cl)cc3Cl)CC2)cc1. The summed E-state index contributed by atoms with van der Waals surface area (Å²) in [4.78, 5) is 17.1. The van der Waals surface area contributed by atoms with Crippen molar-refractivity contribution in [3.05, 3.63) is 51.5 Å². The highest BCUT2D eigenvalue weighted by molar-refractivity contribution is 6.44. The number of nitrogens with zero attached hydrogens (tertiary/aromatic N) is 2. The van der Waals surface area contributed by atoms with E-state index in [-0.39, 0.29) is 11.9 Å². The molecule has 1 amide bonds. The number of nitrogens with one attached hydrogen (secondary N) is 1. The van der Waals surface area contributed by atoms with E-state index in [4.69, 9.17) is 39.5 Å². The fourth-order valence-corrected chi connectivity index (χ4v) is 3.78. The number of benzene rings is 2. The number of amides is 1. The molecule has 0 spiro atoms. The highest BCUT2D eigenvalue weighted by Crippen LogP contribution is 2.32. The number of carbonyl (C=O) groups excluding carboxylic acids is 1. The molecule has 5 nitrogen and oxygen atoms in total. The maximum atomic E-state index is 12.7. The number of hydrogen-bond acceptors (Lipinski definition) is 4. The fraction of sp³-hybridized carbons (Fsp3) is 0.350. The largest absolute Gasteiger partial charge is 0.497 e. The second-order valence-electron chi connectivity index (χ2n) is 6.63. The molecule has 1 N–H and O–H groups in total. The first-order valence-corrected chi connectivity index (χ1v) is 10.1. The van der Waals surface area contributed by atoms with E-state index in [1.807, 2.05) is 19.1 Å². The van der Waals surface area contributed by atoms with Crippen LogP contribution in [-0.4, -0.2) is 50.1 Å². The molecule has 3 rings (SSSR count). The third kappa shape index (κ3) is 4.84. The molecule has 0 aromatic heterocycles. The van der Waals surface area contributed by atoms with Gasteiger partial charge in [0, 0.05) is 31.9 Å². The van der Waals surface area contributed by atoms with E-state index in [1.165, 1.54) is 6.07 Å². The van der Waals surface area contributed by atoms with Crippen molar-refractivity contribution in [2.24, 2.45) is 0 Å². The van der Waals surface area contributed by atoms with Gasteiger partial charge < -0.3 is 15.0 Å². The van der Waals surface area contributed by atoms with Crippen LogP contribution in [0.15, 0.2) is 36.4 Å². The molecule has 1 aliphatic heterocycles. The van der Waals surface area contributed by atoms with Crippen molar-refractivity contribution < 1.29 is 9.53 Å². The summed E-state index contributed by atoms with van der Waals surface area (Å²) in [6, 6.07) is 10.8. The van der Waals surface area contributed by atoms with Crippen LogP contribution in [0.2, 0.25) is 15.1 Å². The minimum atomic E-state index is -0.288. The third-order valence-electron chi connectivity index (χ3n) is 4.95. The molecule has 1 aliphatic rings. The number of anilines is 2. The smallest absolute Gasteiger partial charge is 0.241 e. The molecule has 1 atom stereocenters. The average molecular weight is 443 g/mol. The summed E-state index contributed by atoms with van der Waals surface area (Å²) in [5.74, 6) is 0.715. The second kappa shape index (κ2) is 9.23. The Morgan fingerprint density at radius 3 is 2.21 bits per heavy atom. The normalized spacial score (nSPS) is 16.0. The lowest BCUT2D eigenvalue weighted by Gasteiger charge is -2.38. The Kier molecular flexibility index (Phi) is 6.94. The topological polar surface area (TPSA) is 44.8 Å². The second-order valence-corrected chi connectivity index (χ2v) is 7.85. The van der Waals surface area contributed by atoms with Crippen molar-refractivity contribution in [3.63, 3.8) is 0 Å². The minimum Gasteiger partial charge on any atom is -0.497 e. The van der Waals surface area contributed by atoms with Crippen LogP contribution in [0.5, 0.6) is 5.75 Å². The Labute approximate surface area is 180 Å². The summed E-state index contributed by atoms with van der Waals surface area (Å²) < 4.78 is 5.21. The molecule has 2 aromatic rings. The zero-order chi connectivity index (χ0) is 20.3. The van der Waals surface area contributed by atoms with Crippen molar-refractivity contribution in [2.75, 3.05) is 43.5 Å². The Bertz CT molecular complexity index is 837. The molecule has 0 saturated carbocycles. The number of ether oxygens (including phenoxy) is 1. The van der Waals surface area contributed by atoms with E-state index in [2.05, 4.69) is 27.2 Å². The molecule has 2 aromatic carbocycles. The average Bonchev–Trinajstić information content (AvgIpc) is 2.71. The van der Waals surface area contributed by atoms with E-state index < -0.39 is 0 Å². The molecule has 1 heterocycles. The first-order chi connectivity index (χ1) is 13.4. The van der Waals surface area contributed by atoms with E-state index in [9.17, 15) is 4.79 Å². The molecule has 8 heteroatoms. The fourth-order valence-electron chi connectivity index (χ4n) is 3.18. The van der Waals surface area contributed by atoms with Gasteiger partial charge in [-0.05, 0) is 43.3 Å². The van der Waals surface area contributed by atoms with E-state index in [1.54, 1.807) is 13.2 Å². The number of halogens is 3. The van der Waals surface area contributed by atoms with Crippen molar-refractivity contribution in [1.82, 2.24) is 4.90 Å². The van der Waals surface area contributed by atoms with Crippen molar-refractivity contribution in [2.45, 2.75) is 13.0 Å². The van der Waals surface area contributed by atoms with Gasteiger partial charge in [0.2, 0.25) is 5.91 Å². The zero-order valence-electron chi connectivity index (χ0n) is 15.7. The molecule has 150 valence electrons. The Hall–Kier alpha value is -1.66. The number of rotatable bonds is 5. The highest BCUT2D eigenvalue weighted by Gasteiger charge is 2.26. The third-order valence-corrected chi connectivity index (χ3v) is 5.98. The molecule has 0 unspecified atom stereocenters. The predicted octanol–water partition coefficient (Wildman–Crippen LogP) is 4.80. The zero-order valence-corrected chi connectivity index (χ0v) is 18.0. The van der Waals surface area contributed by atoms with Gasteiger partial charge in [0.15, 0.2) is 0 Å². The Morgan fingerprint density at radius 1 is 1.00 bits per heavy atom. The summed E-state index contributed by atoms with van der Waals surface area (Å²) in [5, 5.41) is 3.91. The van der Waals surface area contributed by atoms with Gasteiger partial charge in [-0.2, -0.15) is 0 Å². The molecular formula is C20H22Cl3N3O2. The van der Waals surface area contributed by atoms with Crippen LogP contribution in [0, 0.1) is 0 Å². The van der Waals surface area contributed by atoms with Gasteiger partial charge in [0.05, 0.1) is 33.9 Å². The molecule has 28 heavy (non-hydrogen) atoms. The van der Waals surface area contributed by atoms with Crippen LogP contribution in [-0.2, 0) is 4.79 Å².